The van der Waals surface area contributed by atoms with Gasteiger partial charge in [0, 0.05) is 11.8 Å². The van der Waals surface area contributed by atoms with E-state index in [4.69, 9.17) is 0 Å². The molecule has 1 unspecified atom stereocenters. The second-order valence-electron chi connectivity index (χ2n) is 5.11. The summed E-state index contributed by atoms with van der Waals surface area (Å²) in [5, 5.41) is 9.36. The number of aryl methyl sites for hydroxylation is 1. The molecule has 1 aromatic carbocycles. The summed E-state index contributed by atoms with van der Waals surface area (Å²) in [4.78, 5) is 4.50. The fourth-order valence-corrected chi connectivity index (χ4v) is 2.13. The standard InChI is InChI=1S/C17H21NO/c1-3-13(2)6-7-14-5-4-12-18-17(14)15-8-10-16(19)11-9-15/h4-5,8-13,19H,3,6-7H2,1-2H3. The molecular weight excluding hydrogens is 234 g/mol. The maximum absolute atomic E-state index is 9.36. The van der Waals surface area contributed by atoms with Crippen molar-refractivity contribution in [3.63, 3.8) is 0 Å². The zero-order chi connectivity index (χ0) is 13.7. The summed E-state index contributed by atoms with van der Waals surface area (Å²) in [7, 11) is 0. The Kier molecular flexibility index (Phi) is 4.56. The van der Waals surface area contributed by atoms with Gasteiger partial charge < -0.3 is 5.11 Å². The predicted octanol–water partition coefficient (Wildman–Crippen LogP) is 4.43. The van der Waals surface area contributed by atoms with E-state index in [-0.39, 0.29) is 0 Å². The van der Waals surface area contributed by atoms with Gasteiger partial charge in [-0.05, 0) is 54.7 Å². The molecule has 2 heteroatoms. The molecule has 1 aromatic heterocycles. The molecule has 0 bridgehead atoms. The summed E-state index contributed by atoms with van der Waals surface area (Å²) in [5.41, 5.74) is 3.39. The fourth-order valence-electron chi connectivity index (χ4n) is 2.13. The minimum Gasteiger partial charge on any atom is -0.508 e. The minimum atomic E-state index is 0.292. The first-order chi connectivity index (χ1) is 9.20. The van der Waals surface area contributed by atoms with Crippen LogP contribution in [0.4, 0.5) is 0 Å². The summed E-state index contributed by atoms with van der Waals surface area (Å²) < 4.78 is 0. The number of pyridine rings is 1. The van der Waals surface area contributed by atoms with E-state index in [1.807, 2.05) is 24.4 Å². The largest absolute Gasteiger partial charge is 0.508 e. The lowest BCUT2D eigenvalue weighted by atomic mass is 9.96. The van der Waals surface area contributed by atoms with Crippen LogP contribution >= 0.6 is 0 Å². The Balaban J connectivity index is 2.23. The minimum absolute atomic E-state index is 0.292. The molecule has 1 atom stereocenters. The molecule has 0 saturated carbocycles. The Labute approximate surface area is 115 Å². The molecule has 2 rings (SSSR count). The molecule has 0 saturated heterocycles. The highest BCUT2D eigenvalue weighted by molar-refractivity contribution is 5.63. The van der Waals surface area contributed by atoms with Crippen molar-refractivity contribution < 1.29 is 5.11 Å². The number of phenolic OH excluding ortho intramolecular Hbond substituents is 1. The monoisotopic (exact) mass is 255 g/mol. The topological polar surface area (TPSA) is 33.1 Å². The van der Waals surface area contributed by atoms with Gasteiger partial charge >= 0.3 is 0 Å². The normalized spacial score (nSPS) is 12.3. The maximum atomic E-state index is 9.36. The Hall–Kier alpha value is -1.83. The molecule has 0 fully saturated rings. The van der Waals surface area contributed by atoms with Crippen LogP contribution in [-0.4, -0.2) is 10.1 Å². The van der Waals surface area contributed by atoms with Gasteiger partial charge in [0.1, 0.15) is 5.75 Å². The molecule has 1 heterocycles. The van der Waals surface area contributed by atoms with Crippen LogP contribution in [0.15, 0.2) is 42.6 Å². The van der Waals surface area contributed by atoms with Gasteiger partial charge in [-0.25, -0.2) is 0 Å². The van der Waals surface area contributed by atoms with Crippen molar-refractivity contribution in [1.82, 2.24) is 4.98 Å². The average molecular weight is 255 g/mol. The molecule has 0 aliphatic heterocycles. The molecule has 19 heavy (non-hydrogen) atoms. The van der Waals surface area contributed by atoms with Gasteiger partial charge in [0.2, 0.25) is 0 Å². The second kappa shape index (κ2) is 6.37. The number of rotatable bonds is 5. The van der Waals surface area contributed by atoms with Crippen molar-refractivity contribution in [2.75, 3.05) is 0 Å². The summed E-state index contributed by atoms with van der Waals surface area (Å²) in [6, 6.07) is 11.4. The van der Waals surface area contributed by atoms with E-state index in [0.29, 0.717) is 5.75 Å². The van der Waals surface area contributed by atoms with Crippen LogP contribution in [0.5, 0.6) is 5.75 Å². The zero-order valence-electron chi connectivity index (χ0n) is 11.6. The van der Waals surface area contributed by atoms with Crippen LogP contribution in [0, 0.1) is 5.92 Å². The van der Waals surface area contributed by atoms with E-state index >= 15 is 0 Å². The SMILES string of the molecule is CCC(C)CCc1cccnc1-c1ccc(O)cc1. The maximum Gasteiger partial charge on any atom is 0.115 e. The van der Waals surface area contributed by atoms with E-state index < -0.39 is 0 Å². The lowest BCUT2D eigenvalue weighted by Gasteiger charge is -2.11. The summed E-state index contributed by atoms with van der Waals surface area (Å²) in [6.07, 6.45) is 5.29. The number of aromatic hydroxyl groups is 1. The van der Waals surface area contributed by atoms with Crippen LogP contribution in [0.2, 0.25) is 0 Å². The van der Waals surface area contributed by atoms with E-state index in [1.54, 1.807) is 12.1 Å². The van der Waals surface area contributed by atoms with Crippen molar-refractivity contribution in [2.45, 2.75) is 33.1 Å². The van der Waals surface area contributed by atoms with E-state index in [2.05, 4.69) is 24.9 Å². The van der Waals surface area contributed by atoms with Crippen molar-refractivity contribution in [3.8, 4) is 17.0 Å². The van der Waals surface area contributed by atoms with Gasteiger partial charge in [0.05, 0.1) is 5.69 Å². The van der Waals surface area contributed by atoms with Gasteiger partial charge in [0.15, 0.2) is 0 Å². The van der Waals surface area contributed by atoms with Gasteiger partial charge in [-0.2, -0.15) is 0 Å². The van der Waals surface area contributed by atoms with Gasteiger partial charge in [-0.3, -0.25) is 4.98 Å². The summed E-state index contributed by atoms with van der Waals surface area (Å²) >= 11 is 0. The predicted molar refractivity (Wildman–Crippen MR) is 79.1 cm³/mol. The molecule has 0 aliphatic carbocycles. The van der Waals surface area contributed by atoms with E-state index in [1.165, 1.54) is 18.4 Å². The van der Waals surface area contributed by atoms with Crippen LogP contribution < -0.4 is 0 Å². The number of phenols is 1. The molecular formula is C17H21NO. The van der Waals surface area contributed by atoms with Crippen molar-refractivity contribution >= 4 is 0 Å². The first-order valence-electron chi connectivity index (χ1n) is 6.94. The fraction of sp³-hybridized carbons (Fsp3) is 0.353. The highest BCUT2D eigenvalue weighted by Crippen LogP contribution is 2.25. The lowest BCUT2D eigenvalue weighted by Crippen LogP contribution is -1.98. The first-order valence-corrected chi connectivity index (χ1v) is 6.94. The first kappa shape index (κ1) is 13.6. The zero-order valence-corrected chi connectivity index (χ0v) is 11.6. The average Bonchev–Trinajstić information content (AvgIpc) is 2.46. The molecule has 0 aliphatic rings. The lowest BCUT2D eigenvalue weighted by molar-refractivity contribution is 0.475. The number of nitrogens with zero attached hydrogens (tertiary/aromatic N) is 1. The Morgan fingerprint density at radius 1 is 1.16 bits per heavy atom. The van der Waals surface area contributed by atoms with Crippen molar-refractivity contribution in [2.24, 2.45) is 5.92 Å². The van der Waals surface area contributed by atoms with Crippen molar-refractivity contribution in [3.05, 3.63) is 48.2 Å². The summed E-state index contributed by atoms with van der Waals surface area (Å²) in [6.45, 7) is 4.52. The second-order valence-corrected chi connectivity index (χ2v) is 5.11. The molecule has 0 amide bonds. The number of aromatic nitrogens is 1. The highest BCUT2D eigenvalue weighted by atomic mass is 16.3. The van der Waals surface area contributed by atoms with Gasteiger partial charge in [-0.1, -0.05) is 26.3 Å². The number of hydrogen-bond donors (Lipinski definition) is 1. The highest BCUT2D eigenvalue weighted by Gasteiger charge is 2.08. The molecule has 100 valence electrons. The molecule has 0 spiro atoms. The van der Waals surface area contributed by atoms with Crippen molar-refractivity contribution in [1.29, 1.82) is 0 Å². The molecule has 2 aromatic rings. The smallest absolute Gasteiger partial charge is 0.115 e. The van der Waals surface area contributed by atoms with Crippen LogP contribution in [0.25, 0.3) is 11.3 Å². The van der Waals surface area contributed by atoms with Crippen LogP contribution in [0.3, 0.4) is 0 Å². The van der Waals surface area contributed by atoms with Gasteiger partial charge in [0.25, 0.3) is 0 Å². The molecule has 2 nitrogen and oxygen atoms in total. The number of benzene rings is 1. The Morgan fingerprint density at radius 2 is 1.89 bits per heavy atom. The molecule has 1 N–H and O–H groups in total. The van der Waals surface area contributed by atoms with Gasteiger partial charge in [-0.15, -0.1) is 0 Å². The van der Waals surface area contributed by atoms with Crippen LogP contribution in [-0.2, 0) is 6.42 Å². The summed E-state index contributed by atoms with van der Waals surface area (Å²) in [5.74, 6) is 1.04. The Morgan fingerprint density at radius 3 is 2.58 bits per heavy atom. The third kappa shape index (κ3) is 3.57. The third-order valence-electron chi connectivity index (χ3n) is 3.64. The third-order valence-corrected chi connectivity index (χ3v) is 3.64. The number of hydrogen-bond acceptors (Lipinski definition) is 2. The van der Waals surface area contributed by atoms with Crippen LogP contribution in [0.1, 0.15) is 32.3 Å². The quantitative estimate of drug-likeness (QED) is 0.857. The van der Waals surface area contributed by atoms with E-state index in [9.17, 15) is 5.11 Å². The Bertz CT molecular complexity index is 519. The van der Waals surface area contributed by atoms with E-state index in [0.717, 1.165) is 23.6 Å². The molecule has 0 radical (unpaired) electrons.